The van der Waals surface area contributed by atoms with Crippen molar-refractivity contribution in [3.05, 3.63) is 29.3 Å². The number of nitrogens with one attached hydrogen (secondary N) is 1. The molecule has 1 fully saturated rings. The van der Waals surface area contributed by atoms with Gasteiger partial charge in [0.15, 0.2) is 0 Å². The molecule has 1 heterocycles. The lowest BCUT2D eigenvalue weighted by Crippen LogP contribution is -2.40. The second-order valence-electron chi connectivity index (χ2n) is 5.69. The minimum absolute atomic E-state index is 0.0835. The van der Waals surface area contributed by atoms with E-state index in [1.165, 1.54) is 0 Å². The Morgan fingerprint density at radius 1 is 1.43 bits per heavy atom. The monoisotopic (exact) mass is 330 g/mol. The summed E-state index contributed by atoms with van der Waals surface area (Å²) < 4.78 is 41.6. The van der Waals surface area contributed by atoms with Crippen molar-refractivity contribution in [2.45, 2.75) is 32.0 Å². The Labute approximate surface area is 133 Å². The molecular weight excluding hydrogens is 309 g/mol. The number of rotatable bonds is 5. The molecule has 23 heavy (non-hydrogen) atoms. The molecule has 1 N–H and O–H groups in total. The van der Waals surface area contributed by atoms with Gasteiger partial charge in [0.05, 0.1) is 26.2 Å². The first-order valence-electron chi connectivity index (χ1n) is 7.53. The van der Waals surface area contributed by atoms with Gasteiger partial charge in [-0.15, -0.1) is 0 Å². The Kier molecular flexibility index (Phi) is 5.51. The fourth-order valence-electron chi connectivity index (χ4n) is 2.93. The molecule has 0 aromatic heterocycles. The number of hydrogen-bond acceptors (Lipinski definition) is 3. The zero-order valence-corrected chi connectivity index (χ0v) is 13.2. The first-order chi connectivity index (χ1) is 10.8. The van der Waals surface area contributed by atoms with E-state index in [4.69, 9.17) is 4.74 Å². The highest BCUT2D eigenvalue weighted by atomic mass is 19.4. The number of likely N-dealkylation sites (tertiary alicyclic amines) is 1. The molecule has 1 aliphatic rings. The van der Waals surface area contributed by atoms with Gasteiger partial charge < -0.3 is 15.0 Å². The minimum atomic E-state index is -4.31. The second-order valence-corrected chi connectivity index (χ2v) is 5.69. The highest BCUT2D eigenvalue weighted by Gasteiger charge is 2.31. The van der Waals surface area contributed by atoms with Crippen LogP contribution in [0.1, 0.15) is 30.0 Å². The van der Waals surface area contributed by atoms with Crippen molar-refractivity contribution in [3.63, 3.8) is 0 Å². The number of amides is 1. The van der Waals surface area contributed by atoms with Crippen LogP contribution in [0.15, 0.2) is 18.2 Å². The number of benzene rings is 1. The second kappa shape index (κ2) is 7.21. The third kappa shape index (κ3) is 4.60. The molecule has 0 spiro atoms. The van der Waals surface area contributed by atoms with E-state index in [1.807, 2.05) is 25.1 Å². The van der Waals surface area contributed by atoms with E-state index in [0.29, 0.717) is 6.54 Å². The summed E-state index contributed by atoms with van der Waals surface area (Å²) in [4.78, 5) is 13.9. The van der Waals surface area contributed by atoms with Crippen molar-refractivity contribution < 1.29 is 22.7 Å². The summed E-state index contributed by atoms with van der Waals surface area (Å²) in [5.41, 5.74) is 1.96. The van der Waals surface area contributed by atoms with E-state index in [-0.39, 0.29) is 18.5 Å². The number of hydrogen-bond donors (Lipinski definition) is 1. The van der Waals surface area contributed by atoms with Gasteiger partial charge in [-0.1, -0.05) is 12.1 Å². The lowest BCUT2D eigenvalue weighted by atomic mass is 10.0. The number of alkyl halides is 3. The fourth-order valence-corrected chi connectivity index (χ4v) is 2.93. The largest absolute Gasteiger partial charge is 0.496 e. The normalized spacial score (nSPS) is 18.3. The van der Waals surface area contributed by atoms with Crippen LogP contribution in [0.4, 0.5) is 13.2 Å². The average molecular weight is 330 g/mol. The van der Waals surface area contributed by atoms with Gasteiger partial charge in [0.25, 0.3) is 0 Å². The lowest BCUT2D eigenvalue weighted by molar-refractivity contribution is -0.134. The van der Waals surface area contributed by atoms with Crippen LogP contribution in [0, 0.1) is 6.92 Å². The number of methoxy groups -OCH3 is 1. The van der Waals surface area contributed by atoms with Crippen LogP contribution in [-0.4, -0.2) is 43.7 Å². The Bertz CT molecular complexity index is 561. The van der Waals surface area contributed by atoms with E-state index in [0.717, 1.165) is 29.7 Å². The predicted molar refractivity (Wildman–Crippen MR) is 80.3 cm³/mol. The minimum Gasteiger partial charge on any atom is -0.496 e. The molecular formula is C16H21F3N2O2. The topological polar surface area (TPSA) is 41.6 Å². The third-order valence-corrected chi connectivity index (χ3v) is 3.98. The molecule has 0 radical (unpaired) electrons. The van der Waals surface area contributed by atoms with Gasteiger partial charge in [0.2, 0.25) is 5.91 Å². The molecule has 0 bridgehead atoms. The van der Waals surface area contributed by atoms with E-state index < -0.39 is 12.7 Å². The van der Waals surface area contributed by atoms with Gasteiger partial charge in [-0.3, -0.25) is 4.79 Å². The summed E-state index contributed by atoms with van der Waals surface area (Å²) in [5.74, 6) is 0.474. The summed E-state index contributed by atoms with van der Waals surface area (Å²) in [6, 6.07) is 5.65. The van der Waals surface area contributed by atoms with Crippen LogP contribution in [0.3, 0.4) is 0 Å². The first-order valence-corrected chi connectivity index (χ1v) is 7.53. The van der Waals surface area contributed by atoms with Crippen LogP contribution in [0.2, 0.25) is 0 Å². The smallest absolute Gasteiger partial charge is 0.401 e. The maximum atomic E-state index is 12.2. The summed E-state index contributed by atoms with van der Waals surface area (Å²) in [6.07, 6.45) is -2.64. The van der Waals surface area contributed by atoms with Gasteiger partial charge in [-0.25, -0.2) is 0 Å². The van der Waals surface area contributed by atoms with E-state index in [1.54, 1.807) is 12.0 Å². The molecule has 1 atom stereocenters. The standard InChI is InChI=1S/C16H21F3N2O2/c1-11-8-12(5-6-14(11)23-2)13-4-3-7-21(13)15(22)9-20-10-16(17,18)19/h5-6,8,13,20H,3-4,7,9-10H2,1-2H3. The third-order valence-electron chi connectivity index (χ3n) is 3.98. The van der Waals surface area contributed by atoms with E-state index in [9.17, 15) is 18.0 Å². The molecule has 1 aromatic carbocycles. The van der Waals surface area contributed by atoms with Gasteiger partial charge in [0.1, 0.15) is 5.75 Å². The highest BCUT2D eigenvalue weighted by molar-refractivity contribution is 5.79. The number of ether oxygens (including phenoxy) is 1. The Hall–Kier alpha value is -1.76. The SMILES string of the molecule is COc1ccc(C2CCCN2C(=O)CNCC(F)(F)F)cc1C. The number of nitrogens with zero attached hydrogens (tertiary/aromatic N) is 1. The Morgan fingerprint density at radius 2 is 2.17 bits per heavy atom. The molecule has 7 heteroatoms. The van der Waals surface area contributed by atoms with Crippen molar-refractivity contribution in [3.8, 4) is 5.75 Å². The van der Waals surface area contributed by atoms with Crippen molar-refractivity contribution in [1.29, 1.82) is 0 Å². The zero-order valence-electron chi connectivity index (χ0n) is 13.2. The Balaban J connectivity index is 2.02. The number of carbonyl (C=O) groups is 1. The zero-order chi connectivity index (χ0) is 17.0. The molecule has 128 valence electrons. The number of aryl methyl sites for hydroxylation is 1. The molecule has 1 aliphatic heterocycles. The maximum Gasteiger partial charge on any atom is 0.401 e. The van der Waals surface area contributed by atoms with Crippen molar-refractivity contribution >= 4 is 5.91 Å². The maximum absolute atomic E-state index is 12.2. The Morgan fingerprint density at radius 3 is 2.78 bits per heavy atom. The number of carbonyl (C=O) groups excluding carboxylic acids is 1. The quantitative estimate of drug-likeness (QED) is 0.903. The fraction of sp³-hybridized carbons (Fsp3) is 0.562. The molecule has 1 saturated heterocycles. The van der Waals surface area contributed by atoms with Crippen molar-refractivity contribution in [2.24, 2.45) is 0 Å². The van der Waals surface area contributed by atoms with Crippen LogP contribution in [0.25, 0.3) is 0 Å². The average Bonchev–Trinajstić information content (AvgIpc) is 2.95. The molecule has 2 rings (SSSR count). The van der Waals surface area contributed by atoms with Gasteiger partial charge >= 0.3 is 6.18 Å². The van der Waals surface area contributed by atoms with Gasteiger partial charge in [0, 0.05) is 6.54 Å². The van der Waals surface area contributed by atoms with Crippen molar-refractivity contribution in [2.75, 3.05) is 26.7 Å². The van der Waals surface area contributed by atoms with E-state index in [2.05, 4.69) is 5.32 Å². The van der Waals surface area contributed by atoms with Gasteiger partial charge in [-0.05, 0) is 37.0 Å². The van der Waals surface area contributed by atoms with Crippen LogP contribution >= 0.6 is 0 Å². The highest BCUT2D eigenvalue weighted by Crippen LogP contribution is 2.33. The summed E-state index contributed by atoms with van der Waals surface area (Å²) in [5, 5.41) is 2.17. The molecule has 1 aromatic rings. The summed E-state index contributed by atoms with van der Waals surface area (Å²) in [6.45, 7) is 1.04. The van der Waals surface area contributed by atoms with E-state index >= 15 is 0 Å². The first kappa shape index (κ1) is 17.6. The lowest BCUT2D eigenvalue weighted by Gasteiger charge is -2.26. The van der Waals surface area contributed by atoms with Crippen LogP contribution < -0.4 is 10.1 Å². The van der Waals surface area contributed by atoms with Crippen LogP contribution in [-0.2, 0) is 4.79 Å². The predicted octanol–water partition coefficient (Wildman–Crippen LogP) is 2.82. The molecule has 1 unspecified atom stereocenters. The number of halogens is 3. The molecule has 4 nitrogen and oxygen atoms in total. The molecule has 0 saturated carbocycles. The van der Waals surface area contributed by atoms with Gasteiger partial charge in [-0.2, -0.15) is 13.2 Å². The summed E-state index contributed by atoms with van der Waals surface area (Å²) in [7, 11) is 1.60. The molecule has 0 aliphatic carbocycles. The summed E-state index contributed by atoms with van der Waals surface area (Å²) >= 11 is 0. The van der Waals surface area contributed by atoms with Crippen LogP contribution in [0.5, 0.6) is 5.75 Å². The van der Waals surface area contributed by atoms with Crippen molar-refractivity contribution in [1.82, 2.24) is 10.2 Å². The molecule has 1 amide bonds.